The molecule has 0 spiro atoms. The molecular formula is C19H17N5O3. The van der Waals surface area contributed by atoms with E-state index >= 15 is 0 Å². The number of methoxy groups -OCH3 is 1. The van der Waals surface area contributed by atoms with Gasteiger partial charge in [0, 0.05) is 0 Å². The summed E-state index contributed by atoms with van der Waals surface area (Å²) in [6.07, 6.45) is 0. The maximum absolute atomic E-state index is 12.8. The highest BCUT2D eigenvalue weighted by Gasteiger charge is 2.21. The SMILES string of the molecule is COc1ccc(C)cc1NC(=O)c1nnn2c1c(=O)[nH]c1cc(C)ccc12. The molecule has 0 atom stereocenters. The van der Waals surface area contributed by atoms with E-state index in [0.717, 1.165) is 11.1 Å². The smallest absolute Gasteiger partial charge is 0.278 e. The summed E-state index contributed by atoms with van der Waals surface area (Å²) in [7, 11) is 1.52. The fourth-order valence-corrected chi connectivity index (χ4v) is 3.02. The molecule has 27 heavy (non-hydrogen) atoms. The Morgan fingerprint density at radius 3 is 2.67 bits per heavy atom. The normalized spacial score (nSPS) is 11.1. The van der Waals surface area contributed by atoms with Gasteiger partial charge in [0.05, 0.1) is 23.8 Å². The molecule has 4 rings (SSSR count). The van der Waals surface area contributed by atoms with Crippen LogP contribution in [0, 0.1) is 13.8 Å². The summed E-state index contributed by atoms with van der Waals surface area (Å²) in [6, 6.07) is 11.0. The minimum Gasteiger partial charge on any atom is -0.495 e. The predicted molar refractivity (Wildman–Crippen MR) is 102 cm³/mol. The molecule has 0 aliphatic rings. The van der Waals surface area contributed by atoms with Crippen molar-refractivity contribution in [3.63, 3.8) is 0 Å². The summed E-state index contributed by atoms with van der Waals surface area (Å²) in [6.45, 7) is 3.83. The minimum atomic E-state index is -0.536. The van der Waals surface area contributed by atoms with Gasteiger partial charge in [-0.05, 0) is 49.2 Å². The predicted octanol–water partition coefficient (Wildman–Crippen LogP) is 2.45. The van der Waals surface area contributed by atoms with Crippen LogP contribution in [-0.4, -0.2) is 32.8 Å². The van der Waals surface area contributed by atoms with E-state index in [2.05, 4.69) is 20.6 Å². The zero-order valence-electron chi connectivity index (χ0n) is 15.0. The molecule has 0 saturated carbocycles. The van der Waals surface area contributed by atoms with Crippen LogP contribution in [0.2, 0.25) is 0 Å². The fourth-order valence-electron chi connectivity index (χ4n) is 3.02. The molecule has 0 radical (unpaired) electrons. The number of anilines is 1. The van der Waals surface area contributed by atoms with E-state index in [0.29, 0.717) is 22.5 Å². The van der Waals surface area contributed by atoms with Gasteiger partial charge in [0.2, 0.25) is 0 Å². The van der Waals surface area contributed by atoms with Crippen LogP contribution < -0.4 is 15.6 Å². The van der Waals surface area contributed by atoms with Gasteiger partial charge < -0.3 is 15.0 Å². The minimum absolute atomic E-state index is 0.0534. The first-order valence-corrected chi connectivity index (χ1v) is 8.32. The molecule has 8 heteroatoms. The van der Waals surface area contributed by atoms with E-state index in [-0.39, 0.29) is 11.2 Å². The number of nitrogens with zero attached hydrogens (tertiary/aromatic N) is 3. The average molecular weight is 363 g/mol. The summed E-state index contributed by atoms with van der Waals surface area (Å²) in [5.74, 6) is -0.0221. The van der Waals surface area contributed by atoms with Crippen molar-refractivity contribution >= 4 is 28.1 Å². The van der Waals surface area contributed by atoms with Crippen molar-refractivity contribution in [1.82, 2.24) is 19.8 Å². The molecule has 2 heterocycles. The number of H-pyrrole nitrogens is 1. The maximum Gasteiger partial charge on any atom is 0.278 e. The summed E-state index contributed by atoms with van der Waals surface area (Å²) in [4.78, 5) is 28.1. The first kappa shape index (κ1) is 16.8. The molecule has 2 aromatic carbocycles. The Morgan fingerprint density at radius 2 is 1.89 bits per heavy atom. The molecule has 2 N–H and O–H groups in total. The molecule has 0 bridgehead atoms. The third-order valence-corrected chi connectivity index (χ3v) is 4.33. The number of ether oxygens (including phenoxy) is 1. The quantitative estimate of drug-likeness (QED) is 0.582. The number of aromatic nitrogens is 4. The number of carbonyl (C=O) groups excluding carboxylic acids is 1. The third-order valence-electron chi connectivity index (χ3n) is 4.33. The van der Waals surface area contributed by atoms with Crippen LogP contribution in [0.15, 0.2) is 41.2 Å². The largest absolute Gasteiger partial charge is 0.495 e. The van der Waals surface area contributed by atoms with Crippen LogP contribution in [0.25, 0.3) is 16.6 Å². The molecule has 8 nitrogen and oxygen atoms in total. The number of carbonyl (C=O) groups is 1. The van der Waals surface area contributed by atoms with E-state index in [1.165, 1.54) is 11.6 Å². The topological polar surface area (TPSA) is 101 Å². The van der Waals surface area contributed by atoms with Crippen molar-refractivity contribution in [3.05, 3.63) is 63.6 Å². The molecule has 1 amide bonds. The number of hydrogen-bond donors (Lipinski definition) is 2. The Hall–Kier alpha value is -3.68. The number of benzene rings is 2. The van der Waals surface area contributed by atoms with Crippen LogP contribution in [0.5, 0.6) is 5.75 Å². The van der Waals surface area contributed by atoms with Gasteiger partial charge in [-0.25, -0.2) is 4.52 Å². The highest BCUT2D eigenvalue weighted by molar-refractivity contribution is 6.08. The second kappa shape index (κ2) is 6.24. The van der Waals surface area contributed by atoms with Crippen LogP contribution in [0.1, 0.15) is 21.6 Å². The first-order valence-electron chi connectivity index (χ1n) is 8.32. The Kier molecular flexibility index (Phi) is 3.88. The Balaban J connectivity index is 1.83. The Bertz CT molecular complexity index is 1260. The summed E-state index contributed by atoms with van der Waals surface area (Å²) >= 11 is 0. The van der Waals surface area contributed by atoms with Crippen molar-refractivity contribution in [2.45, 2.75) is 13.8 Å². The summed E-state index contributed by atoms with van der Waals surface area (Å²) < 4.78 is 6.66. The van der Waals surface area contributed by atoms with E-state index in [1.807, 2.05) is 38.1 Å². The Labute approximate surface area is 153 Å². The second-order valence-corrected chi connectivity index (χ2v) is 6.33. The molecule has 0 fully saturated rings. The molecule has 0 aliphatic heterocycles. The van der Waals surface area contributed by atoms with Gasteiger partial charge in [-0.3, -0.25) is 9.59 Å². The van der Waals surface area contributed by atoms with Crippen LogP contribution in [0.4, 0.5) is 5.69 Å². The maximum atomic E-state index is 12.8. The van der Waals surface area contributed by atoms with Gasteiger partial charge in [0.25, 0.3) is 11.5 Å². The second-order valence-electron chi connectivity index (χ2n) is 6.33. The van der Waals surface area contributed by atoms with Crippen molar-refractivity contribution in [3.8, 4) is 5.75 Å². The molecular weight excluding hydrogens is 346 g/mol. The van der Waals surface area contributed by atoms with Gasteiger partial charge in [0.15, 0.2) is 11.2 Å². The number of aromatic amines is 1. The number of aryl methyl sites for hydroxylation is 2. The zero-order chi connectivity index (χ0) is 19.1. The van der Waals surface area contributed by atoms with E-state index < -0.39 is 11.5 Å². The monoisotopic (exact) mass is 363 g/mol. The highest BCUT2D eigenvalue weighted by atomic mass is 16.5. The average Bonchev–Trinajstić information content (AvgIpc) is 3.08. The summed E-state index contributed by atoms with van der Waals surface area (Å²) in [5.41, 5.74) is 3.36. The van der Waals surface area contributed by atoms with Gasteiger partial charge >= 0.3 is 0 Å². The molecule has 2 aromatic heterocycles. The van der Waals surface area contributed by atoms with E-state index in [4.69, 9.17) is 4.74 Å². The third kappa shape index (κ3) is 2.80. The van der Waals surface area contributed by atoms with Crippen molar-refractivity contribution in [2.24, 2.45) is 0 Å². The molecule has 4 aromatic rings. The zero-order valence-corrected chi connectivity index (χ0v) is 15.0. The number of rotatable bonds is 3. The van der Waals surface area contributed by atoms with E-state index in [9.17, 15) is 9.59 Å². The van der Waals surface area contributed by atoms with Crippen molar-refractivity contribution < 1.29 is 9.53 Å². The highest BCUT2D eigenvalue weighted by Crippen LogP contribution is 2.26. The van der Waals surface area contributed by atoms with Crippen molar-refractivity contribution in [1.29, 1.82) is 0 Å². The van der Waals surface area contributed by atoms with Gasteiger partial charge in [-0.1, -0.05) is 17.3 Å². The van der Waals surface area contributed by atoms with Crippen LogP contribution in [0.3, 0.4) is 0 Å². The number of fused-ring (bicyclic) bond motifs is 3. The molecule has 136 valence electrons. The lowest BCUT2D eigenvalue weighted by Gasteiger charge is -2.10. The van der Waals surface area contributed by atoms with Crippen LogP contribution in [-0.2, 0) is 0 Å². The van der Waals surface area contributed by atoms with Gasteiger partial charge in [-0.15, -0.1) is 5.10 Å². The molecule has 0 unspecified atom stereocenters. The fraction of sp³-hybridized carbons (Fsp3) is 0.158. The van der Waals surface area contributed by atoms with Crippen molar-refractivity contribution in [2.75, 3.05) is 12.4 Å². The summed E-state index contributed by atoms with van der Waals surface area (Å²) in [5, 5.41) is 10.7. The number of amides is 1. The first-order chi connectivity index (χ1) is 13.0. The molecule has 0 saturated heterocycles. The van der Waals surface area contributed by atoms with Crippen LogP contribution >= 0.6 is 0 Å². The van der Waals surface area contributed by atoms with Gasteiger partial charge in [-0.2, -0.15) is 0 Å². The standard InChI is InChI=1S/C19H17N5O3/c1-10-4-6-14-12(8-10)20-19(26)17-16(22-23-24(14)17)18(25)21-13-9-11(2)5-7-15(13)27-3/h4-9H,1-3H3,(H,20,26)(H,21,25). The lowest BCUT2D eigenvalue weighted by atomic mass is 10.2. The molecule has 0 aliphatic carbocycles. The lowest BCUT2D eigenvalue weighted by molar-refractivity contribution is 0.102. The number of nitrogens with one attached hydrogen (secondary N) is 2. The van der Waals surface area contributed by atoms with Gasteiger partial charge in [0.1, 0.15) is 5.75 Å². The number of hydrogen-bond acceptors (Lipinski definition) is 5. The van der Waals surface area contributed by atoms with E-state index in [1.54, 1.807) is 12.1 Å². The Morgan fingerprint density at radius 1 is 1.15 bits per heavy atom. The lowest BCUT2D eigenvalue weighted by Crippen LogP contribution is -2.18.